The van der Waals surface area contributed by atoms with Crippen LogP contribution in [0.3, 0.4) is 0 Å². The minimum atomic E-state index is -4.64. The number of alkyl halides is 3. The van der Waals surface area contributed by atoms with Crippen molar-refractivity contribution in [3.8, 4) is 0 Å². The number of hydrogen-bond donors (Lipinski definition) is 1. The Kier molecular flexibility index (Phi) is 4.75. The molecule has 7 nitrogen and oxygen atoms in total. The fourth-order valence-corrected chi connectivity index (χ4v) is 2.87. The second-order valence-corrected chi connectivity index (χ2v) is 5.78. The average molecular weight is 370 g/mol. The van der Waals surface area contributed by atoms with E-state index in [1.807, 2.05) is 0 Å². The molecule has 0 saturated carbocycles. The van der Waals surface area contributed by atoms with Crippen LogP contribution in [0.25, 0.3) is 11.0 Å². The highest BCUT2D eigenvalue weighted by Gasteiger charge is 2.34. The van der Waals surface area contributed by atoms with Crippen molar-refractivity contribution < 1.29 is 22.7 Å². The number of fused-ring (bicyclic) bond motifs is 1. The summed E-state index contributed by atoms with van der Waals surface area (Å²) in [5.41, 5.74) is -1.39. The molecular formula is C16H17F3N4O3. The molecule has 0 atom stereocenters. The highest BCUT2D eigenvalue weighted by molar-refractivity contribution is 5.89. The molecular weight excluding hydrogens is 353 g/mol. The Morgan fingerprint density at radius 1 is 1.27 bits per heavy atom. The lowest BCUT2D eigenvalue weighted by atomic mass is 10.1. The molecule has 3 heterocycles. The highest BCUT2D eigenvalue weighted by atomic mass is 19.4. The van der Waals surface area contributed by atoms with E-state index in [2.05, 4.69) is 9.97 Å². The number of hydrogen-bond acceptors (Lipinski definition) is 5. The van der Waals surface area contributed by atoms with Crippen molar-refractivity contribution in [2.75, 3.05) is 37.7 Å². The fourth-order valence-electron chi connectivity index (χ4n) is 2.87. The Bertz CT molecular complexity index is 873. The van der Waals surface area contributed by atoms with E-state index in [1.54, 1.807) is 11.8 Å². The second-order valence-electron chi connectivity index (χ2n) is 5.78. The maximum atomic E-state index is 13.2. The number of halogens is 3. The van der Waals surface area contributed by atoms with E-state index < -0.39 is 23.5 Å². The van der Waals surface area contributed by atoms with E-state index >= 15 is 0 Å². The molecule has 1 saturated heterocycles. The Balaban J connectivity index is 1.95. The lowest BCUT2D eigenvalue weighted by Crippen LogP contribution is -2.49. The van der Waals surface area contributed by atoms with Crippen LogP contribution in [0.15, 0.2) is 23.0 Å². The Labute approximate surface area is 146 Å². The number of H-pyrrole nitrogens is 1. The number of aromatic amines is 1. The smallest absolute Gasteiger partial charge is 0.433 e. The summed E-state index contributed by atoms with van der Waals surface area (Å²) in [6.45, 7) is 3.30. The quantitative estimate of drug-likeness (QED) is 0.877. The molecule has 0 aliphatic carbocycles. The first kappa shape index (κ1) is 18.0. The number of piperazine rings is 1. The minimum absolute atomic E-state index is 0.116. The van der Waals surface area contributed by atoms with Gasteiger partial charge < -0.3 is 19.5 Å². The monoisotopic (exact) mass is 370 g/mol. The van der Waals surface area contributed by atoms with Crippen LogP contribution in [0.4, 0.5) is 23.7 Å². The van der Waals surface area contributed by atoms with Gasteiger partial charge in [0.05, 0.1) is 6.61 Å². The highest BCUT2D eigenvalue weighted by Crippen LogP contribution is 2.34. The third kappa shape index (κ3) is 3.58. The molecule has 10 heteroatoms. The van der Waals surface area contributed by atoms with Gasteiger partial charge in [0, 0.05) is 43.3 Å². The maximum Gasteiger partial charge on any atom is 0.433 e. The van der Waals surface area contributed by atoms with E-state index in [1.165, 1.54) is 17.0 Å². The first-order valence-corrected chi connectivity index (χ1v) is 8.07. The van der Waals surface area contributed by atoms with Crippen LogP contribution in [-0.2, 0) is 10.9 Å². The maximum absolute atomic E-state index is 13.2. The number of amides is 1. The summed E-state index contributed by atoms with van der Waals surface area (Å²) in [5, 5.41) is 0.419. The summed E-state index contributed by atoms with van der Waals surface area (Å²) in [7, 11) is 0. The molecule has 1 amide bonds. The molecule has 0 unspecified atom stereocenters. The lowest BCUT2D eigenvalue weighted by molar-refractivity contribution is -0.140. The summed E-state index contributed by atoms with van der Waals surface area (Å²) < 4.78 is 44.5. The number of pyridine rings is 2. The summed E-state index contributed by atoms with van der Waals surface area (Å²) in [5.74, 6) is 0. The van der Waals surface area contributed by atoms with E-state index in [0.717, 1.165) is 6.07 Å². The van der Waals surface area contributed by atoms with E-state index in [9.17, 15) is 22.8 Å². The Morgan fingerprint density at radius 2 is 1.96 bits per heavy atom. The molecule has 1 aliphatic heterocycles. The molecule has 3 rings (SSSR count). The molecule has 2 aromatic heterocycles. The summed E-state index contributed by atoms with van der Waals surface area (Å²) in [6.07, 6.45) is -5.07. The normalized spacial score (nSPS) is 15.4. The van der Waals surface area contributed by atoms with Crippen LogP contribution >= 0.6 is 0 Å². The standard InChI is InChI=1S/C16H17F3N4O3/c1-2-26-15(25)23-7-5-22(6-8-23)11-9-12(16(17,18)19)20-14-10(11)3-4-13(24)21-14/h3-4,9H,2,5-8H2,1H3,(H,20,21,24). The van der Waals surface area contributed by atoms with Gasteiger partial charge in [0.2, 0.25) is 5.56 Å². The number of nitrogens with one attached hydrogen (secondary N) is 1. The molecule has 0 aromatic carbocycles. The van der Waals surface area contributed by atoms with E-state index in [0.29, 0.717) is 37.3 Å². The SMILES string of the molecule is CCOC(=O)N1CCN(c2cc(C(F)(F)F)nc3[nH]c(=O)ccc23)CC1. The number of aromatic nitrogens is 2. The molecule has 1 fully saturated rings. The third-order valence-electron chi connectivity index (χ3n) is 4.12. The van der Waals surface area contributed by atoms with Crippen molar-refractivity contribution in [3.63, 3.8) is 0 Å². The molecule has 2 aromatic rings. The Morgan fingerprint density at radius 3 is 2.58 bits per heavy atom. The zero-order valence-corrected chi connectivity index (χ0v) is 14.0. The van der Waals surface area contributed by atoms with Gasteiger partial charge in [-0.05, 0) is 19.1 Å². The average Bonchev–Trinajstić information content (AvgIpc) is 2.60. The summed E-state index contributed by atoms with van der Waals surface area (Å²) >= 11 is 0. The zero-order chi connectivity index (χ0) is 18.9. The molecule has 140 valence electrons. The van der Waals surface area contributed by atoms with Gasteiger partial charge in [-0.15, -0.1) is 0 Å². The summed E-state index contributed by atoms with van der Waals surface area (Å²) in [6, 6.07) is 3.67. The van der Waals surface area contributed by atoms with Crippen molar-refractivity contribution in [1.82, 2.24) is 14.9 Å². The van der Waals surface area contributed by atoms with Crippen LogP contribution in [0.2, 0.25) is 0 Å². The van der Waals surface area contributed by atoms with Gasteiger partial charge in [-0.2, -0.15) is 13.2 Å². The number of carbonyl (C=O) groups excluding carboxylic acids is 1. The number of ether oxygens (including phenoxy) is 1. The van der Waals surface area contributed by atoms with Gasteiger partial charge in [-0.3, -0.25) is 4.79 Å². The molecule has 1 aliphatic rings. The van der Waals surface area contributed by atoms with Crippen molar-refractivity contribution in [2.24, 2.45) is 0 Å². The number of rotatable bonds is 2. The topological polar surface area (TPSA) is 78.5 Å². The molecule has 0 spiro atoms. The molecule has 1 N–H and O–H groups in total. The van der Waals surface area contributed by atoms with Crippen LogP contribution in [0.1, 0.15) is 12.6 Å². The predicted molar refractivity (Wildman–Crippen MR) is 88.2 cm³/mol. The summed E-state index contributed by atoms with van der Waals surface area (Å²) in [4.78, 5) is 32.4. The first-order valence-electron chi connectivity index (χ1n) is 8.07. The van der Waals surface area contributed by atoms with Crippen LogP contribution in [0.5, 0.6) is 0 Å². The zero-order valence-electron chi connectivity index (χ0n) is 14.0. The first-order chi connectivity index (χ1) is 12.3. The van der Waals surface area contributed by atoms with Crippen LogP contribution < -0.4 is 10.5 Å². The lowest BCUT2D eigenvalue weighted by Gasteiger charge is -2.36. The number of carbonyl (C=O) groups is 1. The molecule has 0 bridgehead atoms. The third-order valence-corrected chi connectivity index (χ3v) is 4.12. The van der Waals surface area contributed by atoms with Crippen LogP contribution in [0, 0.1) is 0 Å². The van der Waals surface area contributed by atoms with Gasteiger partial charge >= 0.3 is 12.3 Å². The van der Waals surface area contributed by atoms with Gasteiger partial charge in [0.15, 0.2) is 0 Å². The minimum Gasteiger partial charge on any atom is -0.450 e. The van der Waals surface area contributed by atoms with Crippen molar-refractivity contribution in [1.29, 1.82) is 0 Å². The fraction of sp³-hybridized carbons (Fsp3) is 0.438. The van der Waals surface area contributed by atoms with Crippen molar-refractivity contribution in [3.05, 3.63) is 34.2 Å². The van der Waals surface area contributed by atoms with Gasteiger partial charge in [-0.1, -0.05) is 0 Å². The van der Waals surface area contributed by atoms with E-state index in [-0.39, 0.29) is 12.3 Å². The largest absolute Gasteiger partial charge is 0.450 e. The predicted octanol–water partition coefficient (Wildman–Crippen LogP) is 2.22. The van der Waals surface area contributed by atoms with Gasteiger partial charge in [-0.25, -0.2) is 9.78 Å². The van der Waals surface area contributed by atoms with Crippen LogP contribution in [-0.4, -0.2) is 53.7 Å². The van der Waals surface area contributed by atoms with Crippen molar-refractivity contribution >= 4 is 22.8 Å². The molecule has 0 radical (unpaired) electrons. The van der Waals surface area contributed by atoms with Crippen molar-refractivity contribution in [2.45, 2.75) is 13.1 Å². The van der Waals surface area contributed by atoms with E-state index in [4.69, 9.17) is 4.74 Å². The number of nitrogens with zero attached hydrogens (tertiary/aromatic N) is 3. The van der Waals surface area contributed by atoms with Gasteiger partial charge in [0.25, 0.3) is 0 Å². The number of anilines is 1. The Hall–Kier alpha value is -2.78. The molecule has 26 heavy (non-hydrogen) atoms. The van der Waals surface area contributed by atoms with Gasteiger partial charge in [0.1, 0.15) is 11.3 Å². The second kappa shape index (κ2) is 6.85.